The van der Waals surface area contributed by atoms with E-state index in [1.54, 1.807) is 0 Å². The van der Waals surface area contributed by atoms with Gasteiger partial charge in [0.1, 0.15) is 0 Å². The van der Waals surface area contributed by atoms with Crippen molar-refractivity contribution in [3.63, 3.8) is 0 Å². The van der Waals surface area contributed by atoms with Gasteiger partial charge < -0.3 is 5.32 Å². The van der Waals surface area contributed by atoms with Crippen LogP contribution >= 0.6 is 0 Å². The fourth-order valence-corrected chi connectivity index (χ4v) is 0.177. The van der Waals surface area contributed by atoms with Crippen molar-refractivity contribution in [2.24, 2.45) is 0 Å². The van der Waals surface area contributed by atoms with E-state index in [-0.39, 0.29) is 0 Å². The van der Waals surface area contributed by atoms with Crippen molar-refractivity contribution < 1.29 is 4.39 Å². The molecule has 1 N–H and O–H groups in total. The van der Waals surface area contributed by atoms with E-state index >= 15 is 0 Å². The molecule has 0 spiro atoms. The number of hydrogen-bond acceptors (Lipinski definition) is 1. The van der Waals surface area contributed by atoms with Crippen molar-refractivity contribution in [3.8, 4) is 0 Å². The number of hydrogen-bond donors (Lipinski definition) is 1. The van der Waals surface area contributed by atoms with Crippen molar-refractivity contribution in [3.05, 3.63) is 0 Å². The molecule has 52 valence electrons. The van der Waals surface area contributed by atoms with Crippen molar-refractivity contribution in [2.45, 2.75) is 20.3 Å². The first-order valence-corrected chi connectivity index (χ1v) is 3.09. The van der Waals surface area contributed by atoms with E-state index in [1.807, 2.05) is 13.8 Å². The van der Waals surface area contributed by atoms with Crippen LogP contribution in [0, 0.1) is 0 Å². The molecule has 1 aliphatic rings. The van der Waals surface area contributed by atoms with E-state index in [4.69, 9.17) is 0 Å². The van der Waals surface area contributed by atoms with Gasteiger partial charge in [0.05, 0.1) is 7.18 Å². The Morgan fingerprint density at radius 3 is 1.25 bits per heavy atom. The van der Waals surface area contributed by atoms with E-state index in [9.17, 15) is 4.39 Å². The number of nitrogens with one attached hydrogen (secondary N) is 1. The summed E-state index contributed by atoms with van der Waals surface area (Å²) in [5.41, 5.74) is 0. The van der Waals surface area contributed by atoms with Crippen molar-refractivity contribution in [1.29, 1.82) is 0 Å². The van der Waals surface area contributed by atoms with Gasteiger partial charge in [-0.05, 0) is 19.5 Å². The van der Waals surface area contributed by atoms with Gasteiger partial charge in [-0.15, -0.1) is 0 Å². The molecule has 1 aliphatic heterocycles. The largest absolute Gasteiger partial charge is 0.317 e. The van der Waals surface area contributed by atoms with Gasteiger partial charge in [-0.1, -0.05) is 13.8 Å². The second-order valence-corrected chi connectivity index (χ2v) is 1.10. The number of alkyl halides is 1. The summed E-state index contributed by atoms with van der Waals surface area (Å²) < 4.78 is 9.50. The topological polar surface area (TPSA) is 12.0 Å². The van der Waals surface area contributed by atoms with E-state index in [1.165, 1.54) is 19.5 Å². The lowest BCUT2D eigenvalue weighted by Gasteiger charge is -2.09. The van der Waals surface area contributed by atoms with Crippen LogP contribution in [0.1, 0.15) is 20.3 Å². The summed E-state index contributed by atoms with van der Waals surface area (Å²) in [6.07, 6.45) is 1.39. The fraction of sp³-hybridized carbons (Fsp3) is 1.00. The van der Waals surface area contributed by atoms with Crippen LogP contribution in [-0.2, 0) is 0 Å². The van der Waals surface area contributed by atoms with Crippen LogP contribution in [0.25, 0.3) is 0 Å². The molecule has 0 aromatic carbocycles. The lowest BCUT2D eigenvalue weighted by Crippen LogP contribution is -2.29. The Balaban J connectivity index is 0. The Morgan fingerprint density at radius 2 is 1.25 bits per heavy atom. The van der Waals surface area contributed by atoms with Crippen LogP contribution in [-0.4, -0.2) is 20.3 Å². The first-order chi connectivity index (χ1) is 4.00. The average molecular weight is 121 g/mol. The third-order valence-electron chi connectivity index (χ3n) is 0.707. The molecule has 0 atom stereocenters. The summed E-state index contributed by atoms with van der Waals surface area (Å²) in [5, 5.41) is 3.11. The Labute approximate surface area is 51.3 Å². The molecule has 0 amide bonds. The molecule has 0 unspecified atom stereocenters. The highest BCUT2D eigenvalue weighted by molar-refractivity contribution is 4.56. The molecule has 8 heavy (non-hydrogen) atoms. The highest BCUT2D eigenvalue weighted by atomic mass is 19.1. The van der Waals surface area contributed by atoms with Gasteiger partial charge in [0.15, 0.2) is 0 Å². The summed E-state index contributed by atoms with van der Waals surface area (Å²) in [6, 6.07) is 0. The molecule has 1 nitrogen and oxygen atoms in total. The maximum Gasteiger partial charge on any atom is 0.0785 e. The third kappa shape index (κ3) is 9.31. The second kappa shape index (κ2) is 15.8. The molecule has 0 aromatic rings. The summed E-state index contributed by atoms with van der Waals surface area (Å²) >= 11 is 0. The van der Waals surface area contributed by atoms with Crippen LogP contribution in [0.3, 0.4) is 0 Å². The molecular weight excluding hydrogens is 105 g/mol. The average Bonchev–Trinajstić information content (AvgIpc) is 1.72. The van der Waals surface area contributed by atoms with E-state index in [2.05, 4.69) is 5.32 Å². The molecular formula is C6H16FN. The Morgan fingerprint density at radius 1 is 1.12 bits per heavy atom. The van der Waals surface area contributed by atoms with Crippen LogP contribution in [0.4, 0.5) is 4.39 Å². The minimum atomic E-state index is 0.500. The molecule has 1 fully saturated rings. The highest BCUT2D eigenvalue weighted by Crippen LogP contribution is 1.80. The molecule has 1 saturated heterocycles. The highest BCUT2D eigenvalue weighted by Gasteiger charge is 1.92. The summed E-state index contributed by atoms with van der Waals surface area (Å²) in [6.45, 7) is 6.50. The lowest BCUT2D eigenvalue weighted by atomic mass is 10.3. The van der Waals surface area contributed by atoms with Crippen LogP contribution < -0.4 is 5.32 Å². The summed E-state index contributed by atoms with van der Waals surface area (Å²) in [4.78, 5) is 0. The molecule has 0 aromatic heterocycles. The SMILES string of the molecule is C1CNC1.CC.CF. The van der Waals surface area contributed by atoms with Gasteiger partial charge in [0.2, 0.25) is 0 Å². The minimum Gasteiger partial charge on any atom is -0.317 e. The molecule has 1 rings (SSSR count). The normalized spacial score (nSPS) is 13.5. The van der Waals surface area contributed by atoms with Gasteiger partial charge in [-0.25, -0.2) is 0 Å². The number of rotatable bonds is 0. The van der Waals surface area contributed by atoms with Crippen LogP contribution in [0.15, 0.2) is 0 Å². The standard InChI is InChI=1S/C3H7N.C2H6.CH3F/c1-2-4-3-1;2*1-2/h4H,1-3H2;1-2H3;1H3. The predicted molar refractivity (Wildman–Crippen MR) is 35.9 cm³/mol. The molecule has 1 heterocycles. The van der Waals surface area contributed by atoms with Gasteiger partial charge >= 0.3 is 0 Å². The second-order valence-electron chi connectivity index (χ2n) is 1.10. The van der Waals surface area contributed by atoms with E-state index in [0.717, 1.165) is 0 Å². The molecule has 0 aliphatic carbocycles. The lowest BCUT2D eigenvalue weighted by molar-refractivity contribution is 0.527. The van der Waals surface area contributed by atoms with Crippen molar-refractivity contribution >= 4 is 0 Å². The van der Waals surface area contributed by atoms with Crippen molar-refractivity contribution in [1.82, 2.24) is 5.32 Å². The van der Waals surface area contributed by atoms with E-state index < -0.39 is 0 Å². The third-order valence-corrected chi connectivity index (χ3v) is 0.707. The van der Waals surface area contributed by atoms with Gasteiger partial charge in [-0.3, -0.25) is 4.39 Å². The van der Waals surface area contributed by atoms with Gasteiger partial charge in [-0.2, -0.15) is 0 Å². The zero-order chi connectivity index (χ0) is 6.83. The smallest absolute Gasteiger partial charge is 0.0785 e. The van der Waals surface area contributed by atoms with Gasteiger partial charge in [0, 0.05) is 0 Å². The summed E-state index contributed by atoms with van der Waals surface area (Å²) in [5.74, 6) is 0. The zero-order valence-electron chi connectivity index (χ0n) is 6.00. The molecule has 0 saturated carbocycles. The minimum absolute atomic E-state index is 0.500. The zero-order valence-corrected chi connectivity index (χ0v) is 6.00. The fourth-order valence-electron chi connectivity index (χ4n) is 0.177. The molecule has 0 radical (unpaired) electrons. The Bertz CT molecular complexity index is 16.5. The molecule has 2 heteroatoms. The summed E-state index contributed by atoms with van der Waals surface area (Å²) in [7, 11) is 0.500. The first-order valence-electron chi connectivity index (χ1n) is 3.09. The first kappa shape index (κ1) is 10.8. The van der Waals surface area contributed by atoms with E-state index in [0.29, 0.717) is 7.18 Å². The Hall–Kier alpha value is -0.110. The molecule has 0 bridgehead atoms. The Kier molecular flexibility index (Phi) is 21.3. The van der Waals surface area contributed by atoms with Crippen LogP contribution in [0.2, 0.25) is 0 Å². The van der Waals surface area contributed by atoms with Crippen molar-refractivity contribution in [2.75, 3.05) is 20.3 Å². The maximum absolute atomic E-state index is 9.50. The maximum atomic E-state index is 9.50. The van der Waals surface area contributed by atoms with Crippen LogP contribution in [0.5, 0.6) is 0 Å². The predicted octanol–water partition coefficient (Wildman–Crippen LogP) is 1.59. The quantitative estimate of drug-likeness (QED) is 0.513. The monoisotopic (exact) mass is 121 g/mol. The van der Waals surface area contributed by atoms with Gasteiger partial charge in [0.25, 0.3) is 0 Å². The number of halogens is 1.